The Morgan fingerprint density at radius 3 is 3.15 bits per heavy atom. The van der Waals surface area contributed by atoms with Gasteiger partial charge in [0.15, 0.2) is 11.8 Å². The van der Waals surface area contributed by atoms with Gasteiger partial charge in [-0.1, -0.05) is 6.07 Å². The molecule has 3 rings (SSSR count). The van der Waals surface area contributed by atoms with Gasteiger partial charge in [-0.05, 0) is 18.6 Å². The average molecular weight is 271 g/mol. The summed E-state index contributed by atoms with van der Waals surface area (Å²) in [4.78, 5) is 15.2. The molecule has 0 atom stereocenters. The molecule has 20 heavy (non-hydrogen) atoms. The molecule has 0 radical (unpaired) electrons. The van der Waals surface area contributed by atoms with Gasteiger partial charge in [0.05, 0.1) is 6.54 Å². The molecule has 1 aliphatic rings. The maximum atomic E-state index is 4.45. The van der Waals surface area contributed by atoms with E-state index in [2.05, 4.69) is 35.4 Å². The molecular weight excluding hydrogens is 254 g/mol. The number of pyridine rings is 1. The zero-order valence-corrected chi connectivity index (χ0v) is 11.4. The molecule has 1 aliphatic heterocycles. The van der Waals surface area contributed by atoms with Crippen molar-refractivity contribution in [1.82, 2.24) is 30.4 Å². The van der Waals surface area contributed by atoms with E-state index in [1.807, 2.05) is 25.2 Å². The first-order valence-corrected chi connectivity index (χ1v) is 6.65. The normalized spacial score (nSPS) is 15.1. The molecule has 2 aromatic rings. The highest BCUT2D eigenvalue weighted by atomic mass is 15.3. The topological polar surface area (TPSA) is 82.1 Å². The second kappa shape index (κ2) is 5.68. The lowest BCUT2D eigenvalue weighted by Gasteiger charge is -2.25. The smallest absolute Gasteiger partial charge is 0.199 e. The lowest BCUT2D eigenvalue weighted by molar-refractivity contribution is 0.445. The van der Waals surface area contributed by atoms with Crippen molar-refractivity contribution >= 4 is 5.96 Å². The number of rotatable bonds is 3. The van der Waals surface area contributed by atoms with Gasteiger partial charge < -0.3 is 10.2 Å². The highest BCUT2D eigenvalue weighted by Crippen LogP contribution is 2.09. The maximum Gasteiger partial charge on any atom is 0.199 e. The summed E-state index contributed by atoms with van der Waals surface area (Å²) in [6, 6.07) is 5.68. The van der Waals surface area contributed by atoms with E-state index in [0.717, 1.165) is 37.0 Å². The van der Waals surface area contributed by atoms with Crippen LogP contribution in [0.3, 0.4) is 0 Å². The third-order valence-electron chi connectivity index (χ3n) is 3.11. The third-order valence-corrected chi connectivity index (χ3v) is 3.11. The minimum absolute atomic E-state index is 0.572. The highest BCUT2D eigenvalue weighted by Gasteiger charge is 2.12. The Morgan fingerprint density at radius 1 is 1.40 bits per heavy atom. The van der Waals surface area contributed by atoms with E-state index in [1.165, 1.54) is 0 Å². The zero-order valence-electron chi connectivity index (χ0n) is 11.4. The Morgan fingerprint density at radius 2 is 2.35 bits per heavy atom. The van der Waals surface area contributed by atoms with Gasteiger partial charge in [0, 0.05) is 26.3 Å². The fourth-order valence-electron chi connectivity index (χ4n) is 2.06. The van der Waals surface area contributed by atoms with E-state index in [1.54, 1.807) is 6.20 Å². The summed E-state index contributed by atoms with van der Waals surface area (Å²) in [5.41, 5.74) is 0.766. The van der Waals surface area contributed by atoms with Crippen molar-refractivity contribution in [2.75, 3.05) is 20.1 Å². The number of aromatic amines is 1. The monoisotopic (exact) mass is 271 g/mol. The number of nitrogens with zero attached hydrogens (tertiary/aromatic N) is 5. The van der Waals surface area contributed by atoms with E-state index in [4.69, 9.17) is 0 Å². The minimum Gasteiger partial charge on any atom is -0.349 e. The summed E-state index contributed by atoms with van der Waals surface area (Å²) in [6.45, 7) is 2.48. The quantitative estimate of drug-likeness (QED) is 0.856. The van der Waals surface area contributed by atoms with Crippen LogP contribution < -0.4 is 5.32 Å². The van der Waals surface area contributed by atoms with Crippen LogP contribution >= 0.6 is 0 Å². The van der Waals surface area contributed by atoms with Crippen LogP contribution in [0.1, 0.15) is 12.2 Å². The van der Waals surface area contributed by atoms with Gasteiger partial charge in [-0.15, -0.1) is 0 Å². The lowest BCUT2D eigenvalue weighted by Crippen LogP contribution is -2.41. The molecule has 7 heteroatoms. The van der Waals surface area contributed by atoms with Crippen LogP contribution in [-0.4, -0.2) is 51.2 Å². The summed E-state index contributed by atoms with van der Waals surface area (Å²) < 4.78 is 0. The molecule has 2 aromatic heterocycles. The van der Waals surface area contributed by atoms with E-state index < -0.39 is 0 Å². The molecule has 2 N–H and O–H groups in total. The van der Waals surface area contributed by atoms with E-state index in [9.17, 15) is 0 Å². The van der Waals surface area contributed by atoms with Crippen molar-refractivity contribution in [3.63, 3.8) is 0 Å². The maximum absolute atomic E-state index is 4.45. The van der Waals surface area contributed by atoms with Crippen molar-refractivity contribution in [1.29, 1.82) is 0 Å². The molecule has 0 fully saturated rings. The van der Waals surface area contributed by atoms with Crippen LogP contribution in [0.25, 0.3) is 11.5 Å². The number of hydrogen-bond donors (Lipinski definition) is 2. The van der Waals surface area contributed by atoms with Crippen molar-refractivity contribution in [3.8, 4) is 11.5 Å². The molecule has 0 saturated carbocycles. The molecule has 0 unspecified atom stereocenters. The van der Waals surface area contributed by atoms with E-state index in [0.29, 0.717) is 12.4 Å². The standard InChI is InChI=1S/C13H17N7/c1-20-8-4-7-15-13(20)16-9-11-17-12(19-18-11)10-5-2-3-6-14-10/h2-3,5-6H,4,7-9H2,1H3,(H,15,16)(H,17,18,19). The molecule has 0 aromatic carbocycles. The van der Waals surface area contributed by atoms with Gasteiger partial charge in [-0.25, -0.2) is 4.98 Å². The van der Waals surface area contributed by atoms with Crippen molar-refractivity contribution in [2.24, 2.45) is 4.99 Å². The molecule has 0 amide bonds. The molecule has 0 saturated heterocycles. The number of guanidine groups is 1. The number of hydrogen-bond acceptors (Lipinski definition) is 6. The summed E-state index contributed by atoms with van der Waals surface area (Å²) in [5, 5.41) is 10.4. The second-order valence-corrected chi connectivity index (χ2v) is 4.65. The Hall–Kier alpha value is -2.44. The third kappa shape index (κ3) is 2.76. The first kappa shape index (κ1) is 12.6. The molecule has 3 heterocycles. The van der Waals surface area contributed by atoms with Gasteiger partial charge in [-0.3, -0.25) is 15.1 Å². The molecule has 104 valence electrons. The first-order valence-electron chi connectivity index (χ1n) is 6.65. The van der Waals surface area contributed by atoms with Gasteiger partial charge in [-0.2, -0.15) is 5.10 Å². The SMILES string of the molecule is CN1CCCN=C1NCc1nc(-c2ccccn2)n[nH]1. The Labute approximate surface area is 117 Å². The predicted octanol–water partition coefficient (Wildman–Crippen LogP) is 0.648. The molecular formula is C13H17N7. The van der Waals surface area contributed by atoms with Crippen LogP contribution in [0.4, 0.5) is 0 Å². The lowest BCUT2D eigenvalue weighted by atomic mass is 10.3. The number of H-pyrrole nitrogens is 1. The highest BCUT2D eigenvalue weighted by molar-refractivity contribution is 5.80. The van der Waals surface area contributed by atoms with E-state index >= 15 is 0 Å². The van der Waals surface area contributed by atoms with Crippen LogP contribution in [0.5, 0.6) is 0 Å². The van der Waals surface area contributed by atoms with Crippen molar-refractivity contribution in [2.45, 2.75) is 13.0 Å². The summed E-state index contributed by atoms with van der Waals surface area (Å²) >= 11 is 0. The van der Waals surface area contributed by atoms with E-state index in [-0.39, 0.29) is 0 Å². The second-order valence-electron chi connectivity index (χ2n) is 4.65. The van der Waals surface area contributed by atoms with Crippen LogP contribution in [0.15, 0.2) is 29.4 Å². The molecule has 0 aliphatic carbocycles. The van der Waals surface area contributed by atoms with Gasteiger partial charge >= 0.3 is 0 Å². The fourth-order valence-corrected chi connectivity index (χ4v) is 2.06. The number of aliphatic imine (C=N–C) groups is 1. The minimum atomic E-state index is 0.572. The predicted molar refractivity (Wildman–Crippen MR) is 76.0 cm³/mol. The van der Waals surface area contributed by atoms with Gasteiger partial charge in [0.1, 0.15) is 11.5 Å². The molecule has 7 nitrogen and oxygen atoms in total. The number of aromatic nitrogens is 4. The van der Waals surface area contributed by atoms with Gasteiger partial charge in [0.25, 0.3) is 0 Å². The molecule has 0 spiro atoms. The van der Waals surface area contributed by atoms with Crippen molar-refractivity contribution in [3.05, 3.63) is 30.2 Å². The first-order chi connectivity index (χ1) is 9.83. The fraction of sp³-hybridized carbons (Fsp3) is 0.385. The van der Waals surface area contributed by atoms with Crippen molar-refractivity contribution < 1.29 is 0 Å². The summed E-state index contributed by atoms with van der Waals surface area (Å²) in [7, 11) is 2.03. The Balaban J connectivity index is 1.65. The van der Waals surface area contributed by atoms with Crippen LogP contribution in [0.2, 0.25) is 0 Å². The Bertz CT molecular complexity index is 590. The largest absolute Gasteiger partial charge is 0.349 e. The van der Waals surface area contributed by atoms with Crippen LogP contribution in [0, 0.1) is 0 Å². The van der Waals surface area contributed by atoms with Gasteiger partial charge in [0.2, 0.25) is 0 Å². The summed E-state index contributed by atoms with van der Waals surface area (Å²) in [5.74, 6) is 2.29. The Kier molecular flexibility index (Phi) is 3.58. The van der Waals surface area contributed by atoms with Crippen LogP contribution in [-0.2, 0) is 6.54 Å². The molecule has 0 bridgehead atoms. The zero-order chi connectivity index (χ0) is 13.8. The number of nitrogens with one attached hydrogen (secondary N) is 2. The average Bonchev–Trinajstić information content (AvgIpc) is 2.96. The summed E-state index contributed by atoms with van der Waals surface area (Å²) in [6.07, 6.45) is 2.84.